The molecular formula is C60H101N2O6P. The molecule has 0 aromatic carbocycles. The Morgan fingerprint density at radius 1 is 0.522 bits per heavy atom. The number of quaternary nitrogens is 1. The Morgan fingerprint density at radius 3 is 1.29 bits per heavy atom. The predicted molar refractivity (Wildman–Crippen MR) is 297 cm³/mol. The molecule has 3 atom stereocenters. The molecule has 0 radical (unpaired) electrons. The highest BCUT2D eigenvalue weighted by Gasteiger charge is 2.23. The van der Waals surface area contributed by atoms with Crippen LogP contribution in [0.4, 0.5) is 0 Å². The molecule has 0 aromatic heterocycles. The fourth-order valence-electron chi connectivity index (χ4n) is 6.88. The van der Waals surface area contributed by atoms with E-state index in [1.165, 1.54) is 51.4 Å². The summed E-state index contributed by atoms with van der Waals surface area (Å²) in [4.78, 5) is 25.4. The number of rotatable bonds is 47. The number of amides is 1. The normalized spacial score (nSPS) is 15.1. The minimum absolute atomic E-state index is 0.0138. The summed E-state index contributed by atoms with van der Waals surface area (Å²) in [5, 5.41) is 13.8. The Morgan fingerprint density at radius 2 is 0.884 bits per heavy atom. The molecule has 9 heteroatoms. The SMILES string of the molecule is CC/C=C\C/C=C\C/C=C\C/C=C\C/C=C\C/C=C\C/C=C\C/C=C\C/C=C\C/C=C\CCCCCCC(=O)NC(COP(=O)([O-])OCC[N+](C)(C)C)C(O)/C=C/CCCCCCCCCCCC. The lowest BCUT2D eigenvalue weighted by Gasteiger charge is -2.29. The lowest BCUT2D eigenvalue weighted by atomic mass is 10.1. The summed E-state index contributed by atoms with van der Waals surface area (Å²) < 4.78 is 23.2. The first-order valence-corrected chi connectivity index (χ1v) is 28.5. The van der Waals surface area contributed by atoms with Gasteiger partial charge in [0.2, 0.25) is 5.91 Å². The summed E-state index contributed by atoms with van der Waals surface area (Å²) in [7, 11) is 1.22. The fraction of sp³-hybridized carbons (Fsp3) is 0.617. The molecule has 8 nitrogen and oxygen atoms in total. The first-order valence-electron chi connectivity index (χ1n) is 27.0. The van der Waals surface area contributed by atoms with Gasteiger partial charge in [-0.3, -0.25) is 9.36 Å². The molecule has 0 saturated heterocycles. The number of aliphatic hydroxyl groups is 1. The zero-order chi connectivity index (χ0) is 50.6. The first-order chi connectivity index (χ1) is 33.5. The van der Waals surface area contributed by atoms with E-state index in [9.17, 15) is 19.4 Å². The average molecular weight is 977 g/mol. The van der Waals surface area contributed by atoms with Crippen molar-refractivity contribution in [1.29, 1.82) is 0 Å². The summed E-state index contributed by atoms with van der Waals surface area (Å²) in [6, 6.07) is -0.909. The summed E-state index contributed by atoms with van der Waals surface area (Å²) in [6.07, 6.45) is 75.2. The summed E-state index contributed by atoms with van der Waals surface area (Å²) in [5.74, 6) is -0.229. The van der Waals surface area contributed by atoms with E-state index >= 15 is 0 Å². The number of hydrogen-bond donors (Lipinski definition) is 2. The number of hydrogen-bond acceptors (Lipinski definition) is 6. The standard InChI is InChI=1S/C60H101N2O6P/c1-6-8-10-12-14-16-18-20-21-22-23-24-25-26-27-28-29-30-31-32-33-34-35-36-37-38-39-40-41-42-44-46-48-50-52-54-60(64)61-58(57-68-69(65,66)67-56-55-62(3,4)5)59(63)53-51-49-47-45-43-19-17-15-13-11-9-7-2/h8,10,14,16,20-21,23-24,26-27,29-30,32-33,35-36,38-39,41-42,51,53,58-59,63H,6-7,9,11-13,15,17-19,22,25,28,31,34,37,40,43-50,52,54-57H2,1-5H3,(H-,61,64,65,66)/b10-8-,16-14-,21-20-,24-23-,27-26-,30-29-,33-32-,36-35-,39-38-,42-41-,53-51+. The Bertz CT molecular complexity index is 1580. The van der Waals surface area contributed by atoms with E-state index in [2.05, 4.69) is 141 Å². The number of likely N-dealkylation sites (N-methyl/N-ethyl adjacent to an activating group) is 1. The van der Waals surface area contributed by atoms with Crippen LogP contribution in [0.3, 0.4) is 0 Å². The largest absolute Gasteiger partial charge is 0.756 e. The van der Waals surface area contributed by atoms with E-state index in [0.29, 0.717) is 17.4 Å². The number of phosphoric acid groups is 1. The first kappa shape index (κ1) is 65.6. The minimum atomic E-state index is -4.61. The van der Waals surface area contributed by atoms with Crippen molar-refractivity contribution in [2.45, 2.75) is 199 Å². The Balaban J connectivity index is 4.26. The van der Waals surface area contributed by atoms with Crippen molar-refractivity contribution in [3.8, 4) is 0 Å². The van der Waals surface area contributed by atoms with Crippen LogP contribution in [-0.2, 0) is 18.4 Å². The number of nitrogens with one attached hydrogen (secondary N) is 1. The van der Waals surface area contributed by atoms with Gasteiger partial charge in [-0.1, -0.05) is 218 Å². The molecule has 0 aliphatic carbocycles. The molecular weight excluding hydrogens is 876 g/mol. The molecule has 0 heterocycles. The van der Waals surface area contributed by atoms with Gasteiger partial charge < -0.3 is 28.8 Å². The highest BCUT2D eigenvalue weighted by Crippen LogP contribution is 2.38. The maximum atomic E-state index is 12.9. The van der Waals surface area contributed by atoms with Crippen molar-refractivity contribution in [1.82, 2.24) is 5.32 Å². The van der Waals surface area contributed by atoms with E-state index < -0.39 is 26.6 Å². The average Bonchev–Trinajstić information content (AvgIpc) is 3.31. The lowest BCUT2D eigenvalue weighted by Crippen LogP contribution is -2.45. The second-order valence-corrected chi connectivity index (χ2v) is 20.3. The van der Waals surface area contributed by atoms with Crippen LogP contribution in [-0.4, -0.2) is 68.5 Å². The number of carbonyl (C=O) groups excluding carboxylic acids is 1. The maximum Gasteiger partial charge on any atom is 0.268 e. The Kier molecular flexibility index (Phi) is 47.2. The van der Waals surface area contributed by atoms with Gasteiger partial charge in [-0.2, -0.15) is 0 Å². The van der Waals surface area contributed by atoms with E-state index in [1.807, 2.05) is 27.2 Å². The molecule has 0 aromatic rings. The van der Waals surface area contributed by atoms with Crippen LogP contribution in [0.2, 0.25) is 0 Å². The van der Waals surface area contributed by atoms with Gasteiger partial charge in [0.25, 0.3) is 7.82 Å². The lowest BCUT2D eigenvalue weighted by molar-refractivity contribution is -0.870. The van der Waals surface area contributed by atoms with Gasteiger partial charge >= 0.3 is 0 Å². The second-order valence-electron chi connectivity index (χ2n) is 18.9. The molecule has 69 heavy (non-hydrogen) atoms. The molecule has 0 aliphatic heterocycles. The molecule has 0 bridgehead atoms. The minimum Gasteiger partial charge on any atom is -0.756 e. The van der Waals surface area contributed by atoms with E-state index in [4.69, 9.17) is 9.05 Å². The zero-order valence-electron chi connectivity index (χ0n) is 44.5. The highest BCUT2D eigenvalue weighted by atomic mass is 31.2. The molecule has 392 valence electrons. The summed E-state index contributed by atoms with van der Waals surface area (Å²) >= 11 is 0. The summed E-state index contributed by atoms with van der Waals surface area (Å²) in [5.41, 5.74) is 0. The van der Waals surface area contributed by atoms with Crippen LogP contribution in [0, 0.1) is 0 Å². The van der Waals surface area contributed by atoms with Gasteiger partial charge in [0.05, 0.1) is 39.9 Å². The van der Waals surface area contributed by atoms with Gasteiger partial charge in [-0.15, -0.1) is 0 Å². The van der Waals surface area contributed by atoms with E-state index in [0.717, 1.165) is 116 Å². The van der Waals surface area contributed by atoms with Crippen molar-refractivity contribution in [3.63, 3.8) is 0 Å². The number of phosphoric ester groups is 1. The highest BCUT2D eigenvalue weighted by molar-refractivity contribution is 7.45. The van der Waals surface area contributed by atoms with Crippen molar-refractivity contribution < 1.29 is 32.9 Å². The molecule has 0 spiro atoms. The Hall–Kier alpha value is -3.36. The predicted octanol–water partition coefficient (Wildman–Crippen LogP) is 15.7. The number of aliphatic hydroxyl groups excluding tert-OH is 1. The third-order valence-electron chi connectivity index (χ3n) is 11.1. The maximum absolute atomic E-state index is 12.9. The third kappa shape index (κ3) is 52.3. The molecule has 0 rings (SSSR count). The van der Waals surface area contributed by atoms with Crippen molar-refractivity contribution in [2.75, 3.05) is 40.9 Å². The molecule has 1 amide bonds. The van der Waals surface area contributed by atoms with Crippen molar-refractivity contribution >= 4 is 13.7 Å². The van der Waals surface area contributed by atoms with E-state index in [1.54, 1.807) is 6.08 Å². The van der Waals surface area contributed by atoms with Crippen LogP contribution in [0.25, 0.3) is 0 Å². The molecule has 3 unspecified atom stereocenters. The number of unbranched alkanes of at least 4 members (excludes halogenated alkanes) is 14. The molecule has 0 saturated carbocycles. The van der Waals surface area contributed by atoms with Crippen LogP contribution in [0.1, 0.15) is 187 Å². The third-order valence-corrected chi connectivity index (χ3v) is 12.1. The van der Waals surface area contributed by atoms with Crippen LogP contribution >= 0.6 is 7.82 Å². The quantitative estimate of drug-likeness (QED) is 0.0272. The smallest absolute Gasteiger partial charge is 0.268 e. The molecule has 0 fully saturated rings. The van der Waals surface area contributed by atoms with Crippen LogP contribution < -0.4 is 10.2 Å². The zero-order valence-corrected chi connectivity index (χ0v) is 45.3. The van der Waals surface area contributed by atoms with Gasteiger partial charge in [-0.25, -0.2) is 0 Å². The second kappa shape index (κ2) is 49.6. The van der Waals surface area contributed by atoms with Gasteiger partial charge in [0.1, 0.15) is 13.2 Å². The van der Waals surface area contributed by atoms with Gasteiger partial charge in [0, 0.05) is 6.42 Å². The van der Waals surface area contributed by atoms with Crippen molar-refractivity contribution in [2.24, 2.45) is 0 Å². The summed E-state index contributed by atoms with van der Waals surface area (Å²) in [6.45, 7) is 4.47. The Labute approximate surface area is 424 Å². The topological polar surface area (TPSA) is 108 Å². The molecule has 0 aliphatic rings. The number of allylic oxidation sites excluding steroid dienone is 21. The monoisotopic (exact) mass is 977 g/mol. The number of carbonyl (C=O) groups is 1. The number of nitrogens with zero attached hydrogens (tertiary/aromatic N) is 1. The fourth-order valence-corrected chi connectivity index (χ4v) is 7.61. The van der Waals surface area contributed by atoms with E-state index in [-0.39, 0.29) is 12.5 Å². The van der Waals surface area contributed by atoms with Gasteiger partial charge in [0.15, 0.2) is 0 Å². The van der Waals surface area contributed by atoms with Crippen LogP contribution in [0.5, 0.6) is 0 Å². The van der Waals surface area contributed by atoms with Crippen molar-refractivity contribution in [3.05, 3.63) is 134 Å². The van der Waals surface area contributed by atoms with Gasteiger partial charge in [-0.05, 0) is 96.3 Å². The molecule has 2 N–H and O–H groups in total. The van der Waals surface area contributed by atoms with Crippen LogP contribution in [0.15, 0.2) is 134 Å².